The van der Waals surface area contributed by atoms with Crippen LogP contribution in [0.15, 0.2) is 72.9 Å². The molecule has 0 heterocycles. The molecule has 0 saturated heterocycles. The maximum absolute atomic E-state index is 12.8. The Morgan fingerprint density at radius 2 is 0.568 bits per heavy atom. The largest absolute Gasteiger partial charge is 0.462 e. The highest BCUT2D eigenvalue weighted by molar-refractivity contribution is 5.72. The first kappa shape index (κ1) is 70.8. The number of ether oxygens (including phenoxy) is 3. The fraction of sp³-hybridized carbons (Fsp3) is 0.779. The molecule has 0 saturated carbocycles. The smallest absolute Gasteiger partial charge is 0.310 e. The molecule has 0 amide bonds. The Morgan fingerprint density at radius 3 is 0.905 bits per heavy atom. The van der Waals surface area contributed by atoms with Crippen molar-refractivity contribution in [1.29, 1.82) is 0 Å². The van der Waals surface area contributed by atoms with Gasteiger partial charge in [-0.25, -0.2) is 0 Å². The maximum atomic E-state index is 12.8. The normalized spacial score (nSPS) is 12.5. The van der Waals surface area contributed by atoms with E-state index in [1.807, 2.05) is 6.08 Å². The van der Waals surface area contributed by atoms with Crippen LogP contribution in [-0.4, -0.2) is 37.2 Å². The van der Waals surface area contributed by atoms with E-state index in [4.69, 9.17) is 14.2 Å². The average molecular weight is 1030 g/mol. The number of rotatable bonds is 58. The van der Waals surface area contributed by atoms with Crippen LogP contribution in [0.1, 0.15) is 323 Å². The van der Waals surface area contributed by atoms with Crippen LogP contribution < -0.4 is 0 Å². The van der Waals surface area contributed by atoms with E-state index < -0.39 is 12.1 Å². The molecular formula is C68H120O6. The SMILES string of the molecule is CC/C=C\C/C=C\C/C=C\C/C=C\C/C=C\CC(=O)OC(COC(=O)CCCCCCC/C=C\CCCCC)COC(=O)CCCCCCCCCCCCCCCCCCCCCCCCCCCCCCC. The fourth-order valence-electron chi connectivity index (χ4n) is 9.22. The van der Waals surface area contributed by atoms with E-state index in [9.17, 15) is 14.4 Å². The number of allylic oxidation sites excluding steroid dienone is 11. The molecule has 0 aliphatic carbocycles. The molecular weight excluding hydrogens is 913 g/mol. The molecule has 0 N–H and O–H groups in total. The lowest BCUT2D eigenvalue weighted by molar-refractivity contribution is -0.166. The van der Waals surface area contributed by atoms with Crippen molar-refractivity contribution in [3.05, 3.63) is 72.9 Å². The van der Waals surface area contributed by atoms with E-state index in [1.54, 1.807) is 6.08 Å². The lowest BCUT2D eigenvalue weighted by Crippen LogP contribution is -2.30. The van der Waals surface area contributed by atoms with Crippen molar-refractivity contribution < 1.29 is 28.6 Å². The predicted molar refractivity (Wildman–Crippen MR) is 321 cm³/mol. The van der Waals surface area contributed by atoms with Gasteiger partial charge in [-0.15, -0.1) is 0 Å². The molecule has 0 radical (unpaired) electrons. The van der Waals surface area contributed by atoms with Crippen molar-refractivity contribution in [2.75, 3.05) is 13.2 Å². The van der Waals surface area contributed by atoms with Crippen LogP contribution in [0.25, 0.3) is 0 Å². The van der Waals surface area contributed by atoms with Crippen molar-refractivity contribution in [2.24, 2.45) is 0 Å². The second kappa shape index (κ2) is 62.4. The Balaban J connectivity index is 4.21. The first-order valence-corrected chi connectivity index (χ1v) is 31.9. The van der Waals surface area contributed by atoms with E-state index in [1.165, 1.54) is 199 Å². The van der Waals surface area contributed by atoms with Crippen molar-refractivity contribution in [1.82, 2.24) is 0 Å². The standard InChI is InChI=1S/C68H120O6/c1-4-7-10-13-16-19-22-25-27-28-29-30-31-32-33-34-35-36-37-38-39-40-42-43-46-49-52-55-58-61-67(70)73-64-65(63-72-66(69)60-57-54-51-48-45-24-21-18-15-12-9-6-3)74-68(71)62-59-56-53-50-47-44-41-26-23-20-17-14-11-8-5-2/h8,11,17-18,20-21,26,41,47,50,56,59,65H,4-7,9-10,12-16,19,22-25,27-40,42-46,48-49,51-55,57-58,60-64H2,1-3H3/b11-8-,20-17-,21-18-,41-26-,50-47-,59-56-. The van der Waals surface area contributed by atoms with Crippen LogP contribution in [-0.2, 0) is 28.6 Å². The predicted octanol–water partition coefficient (Wildman–Crippen LogP) is 21.7. The third kappa shape index (κ3) is 59.7. The second-order valence-electron chi connectivity index (χ2n) is 21.3. The number of carbonyl (C=O) groups excluding carboxylic acids is 3. The molecule has 0 aromatic carbocycles. The van der Waals surface area contributed by atoms with Gasteiger partial charge in [0.25, 0.3) is 0 Å². The zero-order valence-corrected chi connectivity index (χ0v) is 49.1. The van der Waals surface area contributed by atoms with Gasteiger partial charge in [0.15, 0.2) is 6.10 Å². The van der Waals surface area contributed by atoms with Gasteiger partial charge in [0, 0.05) is 12.8 Å². The fourth-order valence-corrected chi connectivity index (χ4v) is 9.22. The quantitative estimate of drug-likeness (QED) is 0.0261. The van der Waals surface area contributed by atoms with Gasteiger partial charge in [0.1, 0.15) is 13.2 Å². The van der Waals surface area contributed by atoms with E-state index >= 15 is 0 Å². The van der Waals surface area contributed by atoms with Crippen LogP contribution in [0.4, 0.5) is 0 Å². The minimum atomic E-state index is -0.832. The summed E-state index contributed by atoms with van der Waals surface area (Å²) >= 11 is 0. The third-order valence-corrected chi connectivity index (χ3v) is 14.0. The van der Waals surface area contributed by atoms with Gasteiger partial charge in [-0.05, 0) is 70.6 Å². The lowest BCUT2D eigenvalue weighted by Gasteiger charge is -2.18. The summed E-state index contributed by atoms with van der Waals surface area (Å²) in [4.78, 5) is 38.1. The van der Waals surface area contributed by atoms with Gasteiger partial charge >= 0.3 is 17.9 Å². The Kier molecular flexibility index (Phi) is 59.7. The molecule has 0 aromatic rings. The summed E-state index contributed by atoms with van der Waals surface area (Å²) in [6.07, 6.45) is 81.1. The van der Waals surface area contributed by atoms with Crippen LogP contribution in [0.2, 0.25) is 0 Å². The number of carbonyl (C=O) groups is 3. The summed E-state index contributed by atoms with van der Waals surface area (Å²) in [5, 5.41) is 0. The first-order chi connectivity index (χ1) is 36.5. The molecule has 0 spiro atoms. The van der Waals surface area contributed by atoms with Crippen LogP contribution >= 0.6 is 0 Å². The number of hydrogen-bond donors (Lipinski definition) is 0. The molecule has 0 fully saturated rings. The zero-order chi connectivity index (χ0) is 53.6. The zero-order valence-electron chi connectivity index (χ0n) is 49.1. The van der Waals surface area contributed by atoms with E-state index in [-0.39, 0.29) is 31.6 Å². The first-order valence-electron chi connectivity index (χ1n) is 31.9. The molecule has 0 aromatic heterocycles. The molecule has 6 heteroatoms. The van der Waals surface area contributed by atoms with Crippen molar-refractivity contribution in [3.8, 4) is 0 Å². The van der Waals surface area contributed by atoms with Gasteiger partial charge < -0.3 is 14.2 Å². The topological polar surface area (TPSA) is 78.9 Å². The summed E-state index contributed by atoms with van der Waals surface area (Å²) < 4.78 is 16.8. The summed E-state index contributed by atoms with van der Waals surface area (Å²) in [6.45, 7) is 6.45. The van der Waals surface area contributed by atoms with Gasteiger partial charge in [-0.2, -0.15) is 0 Å². The van der Waals surface area contributed by atoms with E-state index in [0.717, 1.165) is 83.5 Å². The molecule has 428 valence electrons. The third-order valence-electron chi connectivity index (χ3n) is 14.0. The monoisotopic (exact) mass is 1030 g/mol. The summed E-state index contributed by atoms with van der Waals surface area (Å²) in [7, 11) is 0. The molecule has 0 rings (SSSR count). The van der Waals surface area contributed by atoms with E-state index in [0.29, 0.717) is 12.8 Å². The molecule has 74 heavy (non-hydrogen) atoms. The summed E-state index contributed by atoms with van der Waals surface area (Å²) in [5.74, 6) is -1.04. The Bertz CT molecular complexity index is 1370. The molecule has 1 atom stereocenters. The average Bonchev–Trinajstić information content (AvgIpc) is 3.40. The number of unbranched alkanes of at least 4 members (excludes halogenated alkanes) is 36. The number of esters is 3. The Morgan fingerprint density at radius 1 is 0.297 bits per heavy atom. The number of hydrogen-bond acceptors (Lipinski definition) is 6. The Labute approximate surface area is 459 Å². The van der Waals surface area contributed by atoms with E-state index in [2.05, 4.69) is 81.5 Å². The van der Waals surface area contributed by atoms with Crippen molar-refractivity contribution >= 4 is 17.9 Å². The molecule has 0 aliphatic heterocycles. The summed E-state index contributed by atoms with van der Waals surface area (Å²) in [6, 6.07) is 0. The highest BCUT2D eigenvalue weighted by Gasteiger charge is 2.19. The van der Waals surface area contributed by atoms with Gasteiger partial charge in [-0.1, -0.05) is 306 Å². The summed E-state index contributed by atoms with van der Waals surface area (Å²) in [5.41, 5.74) is 0. The molecule has 6 nitrogen and oxygen atoms in total. The minimum Gasteiger partial charge on any atom is -0.462 e. The van der Waals surface area contributed by atoms with Gasteiger partial charge in [-0.3, -0.25) is 14.4 Å². The second-order valence-corrected chi connectivity index (χ2v) is 21.3. The molecule has 1 unspecified atom stereocenters. The van der Waals surface area contributed by atoms with Crippen LogP contribution in [0, 0.1) is 0 Å². The van der Waals surface area contributed by atoms with Crippen molar-refractivity contribution in [2.45, 2.75) is 329 Å². The van der Waals surface area contributed by atoms with Crippen molar-refractivity contribution in [3.63, 3.8) is 0 Å². The maximum Gasteiger partial charge on any atom is 0.310 e. The molecule has 0 bridgehead atoms. The highest BCUT2D eigenvalue weighted by atomic mass is 16.6. The lowest BCUT2D eigenvalue weighted by atomic mass is 10.0. The van der Waals surface area contributed by atoms with Crippen LogP contribution in [0.5, 0.6) is 0 Å². The molecule has 0 aliphatic rings. The highest BCUT2D eigenvalue weighted by Crippen LogP contribution is 2.17. The minimum absolute atomic E-state index is 0.0974. The Hall–Kier alpha value is -3.15. The van der Waals surface area contributed by atoms with Crippen LogP contribution in [0.3, 0.4) is 0 Å². The van der Waals surface area contributed by atoms with Gasteiger partial charge in [0.2, 0.25) is 0 Å². The van der Waals surface area contributed by atoms with Gasteiger partial charge in [0.05, 0.1) is 6.42 Å².